The number of rotatable bonds is 2. The zero-order valence-corrected chi connectivity index (χ0v) is 12.0. The van der Waals surface area contributed by atoms with E-state index in [-0.39, 0.29) is 16.0 Å². The first-order valence-electron chi connectivity index (χ1n) is 6.93. The second-order valence-corrected chi connectivity index (χ2v) is 6.26. The van der Waals surface area contributed by atoms with Gasteiger partial charge in [0.1, 0.15) is 5.69 Å². The molecule has 19 heavy (non-hydrogen) atoms. The Morgan fingerprint density at radius 1 is 1.16 bits per heavy atom. The van der Waals surface area contributed by atoms with Crippen molar-refractivity contribution in [3.63, 3.8) is 0 Å². The molecule has 1 saturated heterocycles. The van der Waals surface area contributed by atoms with E-state index in [4.69, 9.17) is 0 Å². The van der Waals surface area contributed by atoms with E-state index in [2.05, 4.69) is 25.7 Å². The molecule has 1 aromatic rings. The highest BCUT2D eigenvalue weighted by atomic mass is 16.6. The van der Waals surface area contributed by atoms with Gasteiger partial charge in [-0.3, -0.25) is 10.1 Å². The average Bonchev–Trinajstić information content (AvgIpc) is 2.38. The smallest absolute Gasteiger partial charge is 0.292 e. The van der Waals surface area contributed by atoms with Crippen LogP contribution >= 0.6 is 0 Å². The monoisotopic (exact) mass is 262 g/mol. The molecule has 1 aliphatic heterocycles. The zero-order valence-electron chi connectivity index (χ0n) is 12.0. The minimum Gasteiger partial charge on any atom is -0.366 e. The minimum absolute atomic E-state index is 0.0643. The van der Waals surface area contributed by atoms with Gasteiger partial charge in [0.2, 0.25) is 0 Å². The van der Waals surface area contributed by atoms with Crippen molar-refractivity contribution >= 4 is 11.4 Å². The van der Waals surface area contributed by atoms with Crippen LogP contribution < -0.4 is 4.90 Å². The van der Waals surface area contributed by atoms with E-state index < -0.39 is 0 Å². The number of anilines is 1. The fourth-order valence-electron chi connectivity index (χ4n) is 2.54. The Labute approximate surface area is 114 Å². The third-order valence-electron chi connectivity index (χ3n) is 3.73. The minimum atomic E-state index is -0.251. The quantitative estimate of drug-likeness (QED) is 0.600. The lowest BCUT2D eigenvalue weighted by molar-refractivity contribution is -0.384. The van der Waals surface area contributed by atoms with Crippen LogP contribution in [0.15, 0.2) is 18.2 Å². The van der Waals surface area contributed by atoms with Crippen LogP contribution in [0.25, 0.3) is 0 Å². The third kappa shape index (κ3) is 3.06. The molecule has 0 unspecified atom stereocenters. The summed E-state index contributed by atoms with van der Waals surface area (Å²) in [6.45, 7) is 8.08. The summed E-state index contributed by atoms with van der Waals surface area (Å²) in [5.41, 5.74) is 1.97. The van der Waals surface area contributed by atoms with Crippen molar-refractivity contribution in [2.45, 2.75) is 45.4 Å². The van der Waals surface area contributed by atoms with Crippen molar-refractivity contribution < 1.29 is 4.92 Å². The standard InChI is InChI=1S/C15H22N2O2/c1-15(2,3)12-7-8-13(14(11-12)17(18)19)16-9-5-4-6-10-16/h7-8,11H,4-6,9-10H2,1-3H3. The molecule has 1 heterocycles. The Kier molecular flexibility index (Phi) is 3.78. The molecule has 1 aliphatic rings. The topological polar surface area (TPSA) is 46.4 Å². The maximum atomic E-state index is 11.3. The van der Waals surface area contributed by atoms with Crippen LogP contribution in [0, 0.1) is 10.1 Å². The molecule has 0 amide bonds. The van der Waals surface area contributed by atoms with Crippen molar-refractivity contribution in [3.05, 3.63) is 33.9 Å². The lowest BCUT2D eigenvalue weighted by atomic mass is 9.86. The largest absolute Gasteiger partial charge is 0.366 e. The second-order valence-electron chi connectivity index (χ2n) is 6.26. The second kappa shape index (κ2) is 5.19. The van der Waals surface area contributed by atoms with E-state index in [9.17, 15) is 10.1 Å². The summed E-state index contributed by atoms with van der Waals surface area (Å²) >= 11 is 0. The summed E-state index contributed by atoms with van der Waals surface area (Å²) in [5, 5.41) is 11.3. The van der Waals surface area contributed by atoms with Crippen LogP contribution in [0.3, 0.4) is 0 Å². The fraction of sp³-hybridized carbons (Fsp3) is 0.600. The van der Waals surface area contributed by atoms with Gasteiger partial charge in [0, 0.05) is 19.2 Å². The van der Waals surface area contributed by atoms with Gasteiger partial charge < -0.3 is 4.90 Å². The highest BCUT2D eigenvalue weighted by Gasteiger charge is 2.24. The lowest BCUT2D eigenvalue weighted by Gasteiger charge is -2.29. The number of nitrogens with zero attached hydrogens (tertiary/aromatic N) is 2. The molecule has 1 fully saturated rings. The Hall–Kier alpha value is -1.58. The number of nitro benzene ring substituents is 1. The molecule has 0 N–H and O–H groups in total. The molecule has 4 heteroatoms. The zero-order chi connectivity index (χ0) is 14.0. The van der Waals surface area contributed by atoms with Crippen LogP contribution in [-0.2, 0) is 5.41 Å². The molecule has 4 nitrogen and oxygen atoms in total. The van der Waals surface area contributed by atoms with E-state index in [1.54, 1.807) is 6.07 Å². The van der Waals surface area contributed by atoms with E-state index in [1.165, 1.54) is 6.42 Å². The van der Waals surface area contributed by atoms with Crippen molar-refractivity contribution in [2.24, 2.45) is 0 Å². The Bertz CT molecular complexity index is 472. The molecule has 0 spiro atoms. The van der Waals surface area contributed by atoms with Gasteiger partial charge in [0.05, 0.1) is 4.92 Å². The van der Waals surface area contributed by atoms with Gasteiger partial charge in [-0.1, -0.05) is 26.8 Å². The summed E-state index contributed by atoms with van der Waals surface area (Å²) in [5.74, 6) is 0. The van der Waals surface area contributed by atoms with Crippen LogP contribution in [-0.4, -0.2) is 18.0 Å². The molecule has 0 radical (unpaired) electrons. The SMILES string of the molecule is CC(C)(C)c1ccc(N2CCCCC2)c([N+](=O)[O-])c1. The first-order valence-corrected chi connectivity index (χ1v) is 6.93. The predicted octanol–water partition coefficient (Wildman–Crippen LogP) is 3.88. The molecule has 0 bridgehead atoms. The normalized spacial score (nSPS) is 16.5. The van der Waals surface area contributed by atoms with Gasteiger partial charge in [0.15, 0.2) is 0 Å². The molecule has 0 atom stereocenters. The number of benzene rings is 1. The van der Waals surface area contributed by atoms with E-state index in [0.29, 0.717) is 0 Å². The Balaban J connectivity index is 2.40. The first kappa shape index (κ1) is 13.8. The van der Waals surface area contributed by atoms with Gasteiger partial charge in [-0.2, -0.15) is 0 Å². The number of piperidine rings is 1. The predicted molar refractivity (Wildman–Crippen MR) is 77.9 cm³/mol. The van der Waals surface area contributed by atoms with Crippen molar-refractivity contribution in [1.82, 2.24) is 0 Å². The molecular weight excluding hydrogens is 240 g/mol. The number of hydrogen-bond acceptors (Lipinski definition) is 3. The molecule has 0 aliphatic carbocycles. The van der Waals surface area contributed by atoms with Crippen molar-refractivity contribution in [1.29, 1.82) is 0 Å². The third-order valence-corrected chi connectivity index (χ3v) is 3.73. The van der Waals surface area contributed by atoms with Crippen LogP contribution in [0.2, 0.25) is 0 Å². The summed E-state index contributed by atoms with van der Waals surface area (Å²) in [6, 6.07) is 5.69. The summed E-state index contributed by atoms with van der Waals surface area (Å²) < 4.78 is 0. The molecular formula is C15H22N2O2. The van der Waals surface area contributed by atoms with Gasteiger partial charge >= 0.3 is 0 Å². The summed E-state index contributed by atoms with van der Waals surface area (Å²) in [7, 11) is 0. The Morgan fingerprint density at radius 3 is 2.32 bits per heavy atom. The molecule has 1 aromatic carbocycles. The first-order chi connectivity index (χ1) is 8.89. The van der Waals surface area contributed by atoms with E-state index in [1.807, 2.05) is 12.1 Å². The summed E-state index contributed by atoms with van der Waals surface area (Å²) in [4.78, 5) is 13.2. The van der Waals surface area contributed by atoms with Gasteiger partial charge in [0.25, 0.3) is 5.69 Å². The Morgan fingerprint density at radius 2 is 1.79 bits per heavy atom. The van der Waals surface area contributed by atoms with Crippen molar-refractivity contribution in [3.8, 4) is 0 Å². The lowest BCUT2D eigenvalue weighted by Crippen LogP contribution is -2.30. The van der Waals surface area contributed by atoms with Gasteiger partial charge in [-0.15, -0.1) is 0 Å². The van der Waals surface area contributed by atoms with Crippen LogP contribution in [0.4, 0.5) is 11.4 Å². The average molecular weight is 262 g/mol. The number of hydrogen-bond donors (Lipinski definition) is 0. The van der Waals surface area contributed by atoms with E-state index in [0.717, 1.165) is 37.2 Å². The molecule has 0 aromatic heterocycles. The number of nitro groups is 1. The van der Waals surface area contributed by atoms with Crippen LogP contribution in [0.1, 0.15) is 45.6 Å². The van der Waals surface area contributed by atoms with Gasteiger partial charge in [-0.05, 0) is 36.3 Å². The molecule has 2 rings (SSSR count). The van der Waals surface area contributed by atoms with Crippen molar-refractivity contribution in [2.75, 3.05) is 18.0 Å². The molecule has 104 valence electrons. The molecule has 0 saturated carbocycles. The van der Waals surface area contributed by atoms with Gasteiger partial charge in [-0.25, -0.2) is 0 Å². The maximum Gasteiger partial charge on any atom is 0.292 e. The fourth-order valence-corrected chi connectivity index (χ4v) is 2.54. The van der Waals surface area contributed by atoms with Crippen LogP contribution in [0.5, 0.6) is 0 Å². The highest BCUT2D eigenvalue weighted by molar-refractivity contribution is 5.65. The summed E-state index contributed by atoms with van der Waals surface area (Å²) in [6.07, 6.45) is 3.47. The van der Waals surface area contributed by atoms with E-state index >= 15 is 0 Å². The maximum absolute atomic E-state index is 11.3. The highest BCUT2D eigenvalue weighted by Crippen LogP contribution is 2.34.